The van der Waals surface area contributed by atoms with E-state index in [-0.39, 0.29) is 48.8 Å². The van der Waals surface area contributed by atoms with Crippen LogP contribution in [0.5, 0.6) is 0 Å². The minimum atomic E-state index is -0.365. The van der Waals surface area contributed by atoms with Crippen molar-refractivity contribution in [1.82, 2.24) is 15.2 Å². The van der Waals surface area contributed by atoms with Crippen LogP contribution in [-0.2, 0) is 16.0 Å². The van der Waals surface area contributed by atoms with E-state index >= 15 is 0 Å². The maximum Gasteiger partial charge on any atom is 0.293 e. The molecule has 33 heavy (non-hydrogen) atoms. The molecule has 1 fully saturated rings. The second-order valence-electron chi connectivity index (χ2n) is 7.22. The van der Waals surface area contributed by atoms with E-state index in [0.717, 1.165) is 22.2 Å². The molecule has 0 bridgehead atoms. The van der Waals surface area contributed by atoms with Gasteiger partial charge in [0, 0.05) is 31.5 Å². The summed E-state index contributed by atoms with van der Waals surface area (Å²) in [4.78, 5) is 42.5. The first kappa shape index (κ1) is 22.5. The van der Waals surface area contributed by atoms with E-state index in [1.54, 1.807) is 18.2 Å². The van der Waals surface area contributed by atoms with Crippen molar-refractivity contribution in [2.75, 3.05) is 13.1 Å². The highest BCUT2D eigenvalue weighted by molar-refractivity contribution is 8.18. The number of hydrogen-bond donors (Lipinski definition) is 1. The van der Waals surface area contributed by atoms with Crippen LogP contribution in [0.1, 0.15) is 17.9 Å². The fourth-order valence-corrected chi connectivity index (χ4v) is 4.05. The molecule has 2 aromatic carbocycles. The number of imide groups is 1. The number of halogens is 1. The number of hydrogen-bond acceptors (Lipinski definition) is 6. The largest absolute Gasteiger partial charge is 0.441 e. The third-order valence-electron chi connectivity index (χ3n) is 4.88. The Kier molecular flexibility index (Phi) is 6.99. The zero-order valence-electron chi connectivity index (χ0n) is 17.5. The third kappa shape index (κ3) is 5.75. The molecule has 9 heteroatoms. The fourth-order valence-electron chi connectivity index (χ4n) is 3.18. The number of rotatable bonds is 8. The first-order valence-corrected chi connectivity index (χ1v) is 11.1. The number of carbonyl (C=O) groups is 3. The molecular formula is C24H20FN3O4S. The lowest BCUT2D eigenvalue weighted by atomic mass is 10.2. The third-order valence-corrected chi connectivity index (χ3v) is 5.78. The first-order chi connectivity index (χ1) is 16.0. The van der Waals surface area contributed by atoms with Crippen LogP contribution in [0.15, 0.2) is 70.1 Å². The van der Waals surface area contributed by atoms with E-state index in [1.807, 2.05) is 30.3 Å². The molecule has 0 spiro atoms. The summed E-state index contributed by atoms with van der Waals surface area (Å²) in [6.07, 6.45) is 3.64. The van der Waals surface area contributed by atoms with Crippen LogP contribution in [-0.4, -0.2) is 40.0 Å². The summed E-state index contributed by atoms with van der Waals surface area (Å²) in [6.45, 7) is 0.248. The van der Waals surface area contributed by atoms with Gasteiger partial charge in [0.25, 0.3) is 11.1 Å². The van der Waals surface area contributed by atoms with Gasteiger partial charge in [-0.15, -0.1) is 0 Å². The van der Waals surface area contributed by atoms with E-state index in [1.165, 1.54) is 18.3 Å². The Labute approximate surface area is 193 Å². The summed E-state index contributed by atoms with van der Waals surface area (Å²) in [7, 11) is 0. The smallest absolute Gasteiger partial charge is 0.293 e. The molecule has 1 aliphatic heterocycles. The van der Waals surface area contributed by atoms with Crippen molar-refractivity contribution in [2.45, 2.75) is 12.8 Å². The predicted molar refractivity (Wildman–Crippen MR) is 122 cm³/mol. The summed E-state index contributed by atoms with van der Waals surface area (Å²) in [5, 5.41) is 2.35. The lowest BCUT2D eigenvalue weighted by Crippen LogP contribution is -2.37. The molecule has 7 nitrogen and oxygen atoms in total. The lowest BCUT2D eigenvalue weighted by Gasteiger charge is -2.12. The van der Waals surface area contributed by atoms with Crippen LogP contribution >= 0.6 is 11.8 Å². The number of amides is 3. The molecule has 0 atom stereocenters. The molecule has 4 rings (SSSR count). The van der Waals surface area contributed by atoms with E-state index in [9.17, 15) is 18.8 Å². The molecule has 1 aliphatic rings. The topological polar surface area (TPSA) is 92.5 Å². The Morgan fingerprint density at radius 3 is 2.64 bits per heavy atom. The molecule has 2 heterocycles. The van der Waals surface area contributed by atoms with Gasteiger partial charge in [0.1, 0.15) is 5.82 Å². The predicted octanol–water partition coefficient (Wildman–Crippen LogP) is 4.27. The van der Waals surface area contributed by atoms with Crippen molar-refractivity contribution in [3.8, 4) is 11.3 Å². The number of aryl methyl sites for hydroxylation is 1. The number of thioether (sulfide) groups is 1. The summed E-state index contributed by atoms with van der Waals surface area (Å²) in [5.74, 6) is -0.0659. The molecule has 0 aliphatic carbocycles. The molecule has 168 valence electrons. The highest BCUT2D eigenvalue weighted by atomic mass is 32.2. The second-order valence-corrected chi connectivity index (χ2v) is 8.21. The molecule has 1 saturated heterocycles. The highest BCUT2D eigenvalue weighted by Gasteiger charge is 2.34. The lowest BCUT2D eigenvalue weighted by molar-refractivity contribution is -0.124. The zero-order chi connectivity index (χ0) is 23.2. The van der Waals surface area contributed by atoms with E-state index in [4.69, 9.17) is 4.42 Å². The molecule has 1 aromatic heterocycles. The number of benzene rings is 2. The molecule has 1 N–H and O–H groups in total. The summed E-state index contributed by atoms with van der Waals surface area (Å²) >= 11 is 0.889. The van der Waals surface area contributed by atoms with Crippen molar-refractivity contribution >= 4 is 34.9 Å². The monoisotopic (exact) mass is 465 g/mol. The van der Waals surface area contributed by atoms with Gasteiger partial charge in [-0.1, -0.05) is 30.3 Å². The Balaban J connectivity index is 1.23. The van der Waals surface area contributed by atoms with Gasteiger partial charge in [-0.05, 0) is 47.7 Å². The number of aromatic nitrogens is 1. The van der Waals surface area contributed by atoms with Crippen molar-refractivity contribution < 1.29 is 23.2 Å². The molecule has 0 radical (unpaired) electrons. The SMILES string of the molecule is O=C(CCc1ncc(-c2ccc(F)cc2)o1)NCCN1C(=O)S/C(=C\c2ccccc2)C1=O. The van der Waals surface area contributed by atoms with Gasteiger partial charge < -0.3 is 9.73 Å². The van der Waals surface area contributed by atoms with Gasteiger partial charge in [0.2, 0.25) is 5.91 Å². The number of oxazole rings is 1. The van der Waals surface area contributed by atoms with Crippen LogP contribution in [0.4, 0.5) is 9.18 Å². The number of nitrogens with zero attached hydrogens (tertiary/aromatic N) is 2. The quantitative estimate of drug-likeness (QED) is 0.500. The van der Waals surface area contributed by atoms with E-state index < -0.39 is 0 Å². The Morgan fingerprint density at radius 1 is 1.12 bits per heavy atom. The van der Waals surface area contributed by atoms with Crippen molar-refractivity contribution in [2.24, 2.45) is 0 Å². The first-order valence-electron chi connectivity index (χ1n) is 10.3. The normalized spacial score (nSPS) is 14.8. The maximum absolute atomic E-state index is 13.0. The van der Waals surface area contributed by atoms with Crippen LogP contribution in [0, 0.1) is 5.82 Å². The Hall–Kier alpha value is -3.72. The van der Waals surface area contributed by atoms with Crippen LogP contribution in [0.3, 0.4) is 0 Å². The average Bonchev–Trinajstić information content (AvgIpc) is 3.39. The van der Waals surface area contributed by atoms with Gasteiger partial charge in [-0.25, -0.2) is 9.37 Å². The van der Waals surface area contributed by atoms with E-state index in [0.29, 0.717) is 22.1 Å². The summed E-state index contributed by atoms with van der Waals surface area (Å²) < 4.78 is 18.6. The standard InChI is InChI=1S/C24H20FN3O4S/c25-18-8-6-17(7-9-18)19-15-27-22(32-19)11-10-21(29)26-12-13-28-23(30)20(33-24(28)31)14-16-4-2-1-3-5-16/h1-9,14-15H,10-13H2,(H,26,29)/b20-14-. The van der Waals surface area contributed by atoms with Gasteiger partial charge in [0.05, 0.1) is 11.1 Å². The van der Waals surface area contributed by atoms with E-state index in [2.05, 4.69) is 10.3 Å². The van der Waals surface area contributed by atoms with Gasteiger partial charge in [0.15, 0.2) is 11.7 Å². The number of nitrogens with one attached hydrogen (secondary N) is 1. The summed E-state index contributed by atoms with van der Waals surface area (Å²) in [5.41, 5.74) is 1.53. The second kappa shape index (κ2) is 10.3. The molecule has 0 unspecified atom stereocenters. The van der Waals surface area contributed by atoms with Crippen molar-refractivity contribution in [3.05, 3.63) is 83.0 Å². The van der Waals surface area contributed by atoms with Gasteiger partial charge in [-0.3, -0.25) is 19.3 Å². The fraction of sp³-hybridized carbons (Fsp3) is 0.167. The maximum atomic E-state index is 13.0. The van der Waals surface area contributed by atoms with Gasteiger partial charge >= 0.3 is 0 Å². The average molecular weight is 466 g/mol. The van der Waals surface area contributed by atoms with Gasteiger partial charge in [-0.2, -0.15) is 0 Å². The van der Waals surface area contributed by atoms with Crippen LogP contribution < -0.4 is 5.32 Å². The summed E-state index contributed by atoms with van der Waals surface area (Å²) in [6, 6.07) is 15.1. The molecular weight excluding hydrogens is 445 g/mol. The molecule has 3 amide bonds. The minimum Gasteiger partial charge on any atom is -0.441 e. The Morgan fingerprint density at radius 2 is 1.88 bits per heavy atom. The minimum absolute atomic E-state index is 0.0935. The van der Waals surface area contributed by atoms with Crippen molar-refractivity contribution in [3.63, 3.8) is 0 Å². The highest BCUT2D eigenvalue weighted by Crippen LogP contribution is 2.31. The zero-order valence-corrected chi connectivity index (χ0v) is 18.3. The Bertz CT molecular complexity index is 1190. The van der Waals surface area contributed by atoms with Crippen molar-refractivity contribution in [1.29, 1.82) is 0 Å². The van der Waals surface area contributed by atoms with Crippen LogP contribution in [0.25, 0.3) is 17.4 Å². The molecule has 3 aromatic rings. The van der Waals surface area contributed by atoms with Crippen LogP contribution in [0.2, 0.25) is 0 Å². The molecule has 0 saturated carbocycles. The number of carbonyl (C=O) groups excluding carboxylic acids is 3.